The van der Waals surface area contributed by atoms with Crippen molar-refractivity contribution in [3.63, 3.8) is 0 Å². The molecular weight excluding hydrogens is 222 g/mol. The predicted molar refractivity (Wildman–Crippen MR) is 66.3 cm³/mol. The van der Waals surface area contributed by atoms with Crippen molar-refractivity contribution in [1.82, 2.24) is 10.2 Å². The smallest absolute Gasteiger partial charge is 0.155 e. The monoisotopic (exact) mass is 233 g/mol. The lowest BCUT2D eigenvalue weighted by Crippen LogP contribution is -2.11. The number of benzene rings is 1. The first-order valence-electron chi connectivity index (χ1n) is 4.96. The minimum Gasteiger partial charge on any atom is -0.328 e. The standard InChI is InChI=1S/C12H12ClN3/c1-9-4-3-5-10(8-9)16(2)12-7-6-11(13)14-15-12/h3-8H,1-2H3. The molecule has 0 aliphatic heterocycles. The van der Waals surface area contributed by atoms with E-state index in [1.807, 2.05) is 30.1 Å². The molecule has 0 atom stereocenters. The summed E-state index contributed by atoms with van der Waals surface area (Å²) in [6, 6.07) is 11.8. The Labute approximate surface area is 99.7 Å². The molecule has 0 bridgehead atoms. The summed E-state index contributed by atoms with van der Waals surface area (Å²) in [6.07, 6.45) is 0. The number of aromatic nitrogens is 2. The van der Waals surface area contributed by atoms with Crippen LogP contribution in [0.25, 0.3) is 0 Å². The van der Waals surface area contributed by atoms with E-state index < -0.39 is 0 Å². The number of rotatable bonds is 2. The third kappa shape index (κ3) is 2.31. The van der Waals surface area contributed by atoms with Crippen LogP contribution in [0, 0.1) is 6.92 Å². The van der Waals surface area contributed by atoms with Crippen LogP contribution in [0.2, 0.25) is 5.15 Å². The Morgan fingerprint density at radius 3 is 2.56 bits per heavy atom. The number of anilines is 2. The van der Waals surface area contributed by atoms with Gasteiger partial charge in [0.15, 0.2) is 11.0 Å². The van der Waals surface area contributed by atoms with Gasteiger partial charge in [-0.25, -0.2) is 0 Å². The molecule has 0 saturated heterocycles. The van der Waals surface area contributed by atoms with E-state index in [9.17, 15) is 0 Å². The molecule has 0 unspecified atom stereocenters. The third-order valence-electron chi connectivity index (χ3n) is 2.35. The quantitative estimate of drug-likeness (QED) is 0.798. The van der Waals surface area contributed by atoms with Gasteiger partial charge in [-0.05, 0) is 36.8 Å². The van der Waals surface area contributed by atoms with Gasteiger partial charge < -0.3 is 4.90 Å². The van der Waals surface area contributed by atoms with Crippen LogP contribution in [0.3, 0.4) is 0 Å². The first-order valence-corrected chi connectivity index (χ1v) is 5.34. The largest absolute Gasteiger partial charge is 0.328 e. The molecule has 1 heterocycles. The van der Waals surface area contributed by atoms with E-state index in [4.69, 9.17) is 11.6 Å². The fraction of sp³-hybridized carbons (Fsp3) is 0.167. The number of hydrogen-bond donors (Lipinski definition) is 0. The zero-order valence-corrected chi connectivity index (χ0v) is 9.94. The highest BCUT2D eigenvalue weighted by atomic mass is 35.5. The van der Waals surface area contributed by atoms with Gasteiger partial charge in [-0.2, -0.15) is 0 Å². The second-order valence-electron chi connectivity index (χ2n) is 3.61. The molecular formula is C12H12ClN3. The molecule has 0 aliphatic rings. The van der Waals surface area contributed by atoms with E-state index in [0.29, 0.717) is 5.15 Å². The van der Waals surface area contributed by atoms with Gasteiger partial charge >= 0.3 is 0 Å². The summed E-state index contributed by atoms with van der Waals surface area (Å²) in [5.41, 5.74) is 2.29. The lowest BCUT2D eigenvalue weighted by Gasteiger charge is -2.17. The highest BCUT2D eigenvalue weighted by Gasteiger charge is 2.05. The maximum absolute atomic E-state index is 5.70. The van der Waals surface area contributed by atoms with Crippen LogP contribution in [0.5, 0.6) is 0 Å². The van der Waals surface area contributed by atoms with E-state index in [2.05, 4.69) is 29.3 Å². The van der Waals surface area contributed by atoms with Crippen LogP contribution in [-0.4, -0.2) is 17.2 Å². The summed E-state index contributed by atoms with van der Waals surface area (Å²) in [5.74, 6) is 0.773. The summed E-state index contributed by atoms with van der Waals surface area (Å²) in [4.78, 5) is 1.97. The number of hydrogen-bond acceptors (Lipinski definition) is 3. The topological polar surface area (TPSA) is 29.0 Å². The average molecular weight is 234 g/mol. The van der Waals surface area contributed by atoms with E-state index in [-0.39, 0.29) is 0 Å². The van der Waals surface area contributed by atoms with Gasteiger partial charge in [-0.1, -0.05) is 23.7 Å². The number of nitrogens with zero attached hydrogens (tertiary/aromatic N) is 3. The van der Waals surface area contributed by atoms with Gasteiger partial charge in [0.1, 0.15) is 0 Å². The summed E-state index contributed by atoms with van der Waals surface area (Å²) < 4.78 is 0. The summed E-state index contributed by atoms with van der Waals surface area (Å²) >= 11 is 5.70. The van der Waals surface area contributed by atoms with Crippen molar-refractivity contribution in [2.75, 3.05) is 11.9 Å². The Balaban J connectivity index is 2.31. The highest BCUT2D eigenvalue weighted by Crippen LogP contribution is 2.22. The molecule has 0 saturated carbocycles. The van der Waals surface area contributed by atoms with Crippen molar-refractivity contribution < 1.29 is 0 Å². The van der Waals surface area contributed by atoms with Gasteiger partial charge in [0, 0.05) is 12.7 Å². The minimum atomic E-state index is 0.404. The average Bonchev–Trinajstić information content (AvgIpc) is 2.29. The Hall–Kier alpha value is -1.61. The molecule has 0 amide bonds. The minimum absolute atomic E-state index is 0.404. The molecule has 0 radical (unpaired) electrons. The van der Waals surface area contributed by atoms with E-state index in [0.717, 1.165) is 11.5 Å². The second kappa shape index (κ2) is 4.49. The molecule has 4 heteroatoms. The van der Waals surface area contributed by atoms with Crippen LogP contribution in [0.1, 0.15) is 5.56 Å². The van der Waals surface area contributed by atoms with E-state index >= 15 is 0 Å². The Morgan fingerprint density at radius 2 is 1.94 bits per heavy atom. The zero-order valence-electron chi connectivity index (χ0n) is 9.18. The normalized spacial score (nSPS) is 10.2. The van der Waals surface area contributed by atoms with Crippen LogP contribution in [0.4, 0.5) is 11.5 Å². The van der Waals surface area contributed by atoms with Crippen molar-refractivity contribution in [2.45, 2.75) is 6.92 Å². The molecule has 0 fully saturated rings. The van der Waals surface area contributed by atoms with Gasteiger partial charge in [-0.15, -0.1) is 10.2 Å². The fourth-order valence-electron chi connectivity index (χ4n) is 1.46. The second-order valence-corrected chi connectivity index (χ2v) is 4.00. The van der Waals surface area contributed by atoms with Crippen molar-refractivity contribution in [3.8, 4) is 0 Å². The zero-order chi connectivity index (χ0) is 11.5. The van der Waals surface area contributed by atoms with Crippen LogP contribution in [-0.2, 0) is 0 Å². The molecule has 0 N–H and O–H groups in total. The lowest BCUT2D eigenvalue weighted by molar-refractivity contribution is 0.987. The Bertz CT molecular complexity index is 482. The van der Waals surface area contributed by atoms with Crippen molar-refractivity contribution in [3.05, 3.63) is 47.1 Å². The number of aryl methyl sites for hydroxylation is 1. The van der Waals surface area contributed by atoms with Gasteiger partial charge in [-0.3, -0.25) is 0 Å². The summed E-state index contributed by atoms with van der Waals surface area (Å²) in [5, 5.41) is 8.25. The maximum atomic E-state index is 5.70. The van der Waals surface area contributed by atoms with Crippen LogP contribution in [0.15, 0.2) is 36.4 Å². The molecule has 2 rings (SSSR count). The molecule has 0 aliphatic carbocycles. The molecule has 1 aromatic carbocycles. The van der Waals surface area contributed by atoms with Gasteiger partial charge in [0.2, 0.25) is 0 Å². The van der Waals surface area contributed by atoms with Crippen molar-refractivity contribution in [1.29, 1.82) is 0 Å². The third-order valence-corrected chi connectivity index (χ3v) is 2.55. The summed E-state index contributed by atoms with van der Waals surface area (Å²) in [7, 11) is 1.95. The molecule has 2 aromatic rings. The molecule has 82 valence electrons. The first kappa shape index (κ1) is 10.9. The summed E-state index contributed by atoms with van der Waals surface area (Å²) in [6.45, 7) is 2.06. The van der Waals surface area contributed by atoms with Crippen LogP contribution < -0.4 is 4.90 Å². The Kier molecular flexibility index (Phi) is 3.06. The predicted octanol–water partition coefficient (Wildman–Crippen LogP) is 3.21. The molecule has 3 nitrogen and oxygen atoms in total. The fourth-order valence-corrected chi connectivity index (χ4v) is 1.56. The number of halogens is 1. The van der Waals surface area contributed by atoms with Crippen molar-refractivity contribution >= 4 is 23.1 Å². The lowest BCUT2D eigenvalue weighted by atomic mass is 10.2. The van der Waals surface area contributed by atoms with E-state index in [1.165, 1.54) is 5.56 Å². The van der Waals surface area contributed by atoms with Crippen LogP contribution >= 0.6 is 11.6 Å². The molecule has 0 spiro atoms. The maximum Gasteiger partial charge on any atom is 0.155 e. The first-order chi connectivity index (χ1) is 7.66. The van der Waals surface area contributed by atoms with Crippen molar-refractivity contribution in [2.24, 2.45) is 0 Å². The SMILES string of the molecule is Cc1cccc(N(C)c2ccc(Cl)nn2)c1. The Morgan fingerprint density at radius 1 is 1.12 bits per heavy atom. The van der Waals surface area contributed by atoms with Gasteiger partial charge in [0.25, 0.3) is 0 Å². The van der Waals surface area contributed by atoms with E-state index in [1.54, 1.807) is 6.07 Å². The van der Waals surface area contributed by atoms with Gasteiger partial charge in [0.05, 0.1) is 0 Å². The molecule has 1 aromatic heterocycles. The molecule has 16 heavy (non-hydrogen) atoms. The highest BCUT2D eigenvalue weighted by molar-refractivity contribution is 6.29.